The molecule has 4 heteroatoms. The van der Waals surface area contributed by atoms with Crippen LogP contribution >= 0.6 is 0 Å². The molecule has 0 spiro atoms. The topological polar surface area (TPSA) is 42.5 Å². The molecule has 0 fully saturated rings. The molecule has 0 aliphatic rings. The molecular formula is C22H24N4. The van der Waals surface area contributed by atoms with Crippen LogP contribution in [0.4, 0.5) is 5.69 Å². The van der Waals surface area contributed by atoms with E-state index in [0.29, 0.717) is 0 Å². The van der Waals surface area contributed by atoms with Crippen LogP contribution in [-0.4, -0.2) is 21.1 Å². The van der Waals surface area contributed by atoms with Crippen molar-refractivity contribution >= 4 is 17.1 Å². The number of hydrogen-bond donors (Lipinski definition) is 0. The average Bonchev–Trinajstić information content (AvgIpc) is 3.11. The van der Waals surface area contributed by atoms with Gasteiger partial charge in [-0.3, -0.25) is 4.99 Å². The van der Waals surface area contributed by atoms with Crippen LogP contribution in [0.25, 0.3) is 0 Å². The fourth-order valence-corrected chi connectivity index (χ4v) is 3.03. The number of pyridine rings is 1. The molecule has 4 nitrogen and oxygen atoms in total. The third-order valence-electron chi connectivity index (χ3n) is 4.26. The van der Waals surface area contributed by atoms with Crippen molar-refractivity contribution in [2.24, 2.45) is 10.1 Å². The lowest BCUT2D eigenvalue weighted by Gasteiger charge is -2.09. The Hall–Kier alpha value is -3.01. The highest BCUT2D eigenvalue weighted by atomic mass is 15.3. The molecule has 3 aromatic rings. The molecule has 0 radical (unpaired) electrons. The van der Waals surface area contributed by atoms with Gasteiger partial charge < -0.3 is 0 Å². The maximum absolute atomic E-state index is 4.85. The number of hydrogen-bond acceptors (Lipinski definition) is 3. The molecule has 3 rings (SSSR count). The molecule has 0 atom stereocenters. The van der Waals surface area contributed by atoms with Crippen LogP contribution in [0.1, 0.15) is 41.9 Å². The summed E-state index contributed by atoms with van der Waals surface area (Å²) in [4.78, 5) is 9.61. The van der Waals surface area contributed by atoms with Gasteiger partial charge in [-0.25, -0.2) is 9.66 Å². The first-order chi connectivity index (χ1) is 12.4. The summed E-state index contributed by atoms with van der Waals surface area (Å²) in [5.74, 6) is 0. The third kappa shape index (κ3) is 3.97. The lowest BCUT2D eigenvalue weighted by atomic mass is 10.1. The molecular weight excluding hydrogens is 320 g/mol. The first-order valence-electron chi connectivity index (χ1n) is 8.73. The molecule has 26 heavy (non-hydrogen) atoms. The Balaban J connectivity index is 1.95. The van der Waals surface area contributed by atoms with Gasteiger partial charge in [-0.2, -0.15) is 5.10 Å². The highest BCUT2D eigenvalue weighted by Crippen LogP contribution is 2.25. The van der Waals surface area contributed by atoms with Crippen LogP contribution in [0.2, 0.25) is 0 Å². The number of rotatable bonds is 4. The molecule has 132 valence electrons. The van der Waals surface area contributed by atoms with Crippen LogP contribution in [0.5, 0.6) is 0 Å². The second kappa shape index (κ2) is 7.48. The minimum absolute atomic E-state index is 0.850. The second-order valence-electron chi connectivity index (χ2n) is 6.60. The lowest BCUT2D eigenvalue weighted by molar-refractivity contribution is 0.884. The summed E-state index contributed by atoms with van der Waals surface area (Å²) in [6.45, 7) is 10.3. The average molecular weight is 344 g/mol. The summed E-state index contributed by atoms with van der Waals surface area (Å²) >= 11 is 0. The molecule has 0 N–H and O–H groups in total. The standard InChI is InChI=1S/C22H24N4/c1-15-13-16(2)22(17(3)14-15)23-18(4)20-9-8-10-21(24-20)19(5)25-26-11-6-7-12-26/h6-14H,1-5H3/b23-18?,25-19-. The predicted molar refractivity (Wildman–Crippen MR) is 109 cm³/mol. The zero-order valence-corrected chi connectivity index (χ0v) is 16.0. The molecule has 0 amide bonds. The van der Waals surface area contributed by atoms with Gasteiger partial charge in [0.05, 0.1) is 28.5 Å². The van der Waals surface area contributed by atoms with E-state index in [4.69, 9.17) is 9.98 Å². The van der Waals surface area contributed by atoms with Crippen molar-refractivity contribution < 1.29 is 0 Å². The maximum atomic E-state index is 4.85. The highest BCUT2D eigenvalue weighted by Gasteiger charge is 2.07. The van der Waals surface area contributed by atoms with Gasteiger partial charge in [-0.05, 0) is 70.0 Å². The van der Waals surface area contributed by atoms with E-state index in [1.807, 2.05) is 56.6 Å². The van der Waals surface area contributed by atoms with Crippen LogP contribution < -0.4 is 0 Å². The highest BCUT2D eigenvalue weighted by molar-refractivity contribution is 6.01. The summed E-state index contributed by atoms with van der Waals surface area (Å²) in [6, 6.07) is 14.2. The van der Waals surface area contributed by atoms with Gasteiger partial charge in [0.1, 0.15) is 0 Å². The molecule has 0 unspecified atom stereocenters. The van der Waals surface area contributed by atoms with Gasteiger partial charge in [-0.1, -0.05) is 23.8 Å². The van der Waals surface area contributed by atoms with E-state index in [1.54, 1.807) is 4.68 Å². The van der Waals surface area contributed by atoms with Gasteiger partial charge in [0.2, 0.25) is 0 Å². The molecule has 1 aromatic carbocycles. The number of aromatic nitrogens is 2. The zero-order chi connectivity index (χ0) is 18.7. The molecule has 0 aliphatic carbocycles. The van der Waals surface area contributed by atoms with Crippen LogP contribution in [-0.2, 0) is 0 Å². The van der Waals surface area contributed by atoms with Gasteiger partial charge in [0.25, 0.3) is 0 Å². The van der Waals surface area contributed by atoms with Crippen molar-refractivity contribution in [1.82, 2.24) is 9.66 Å². The molecule has 0 aliphatic heterocycles. The summed E-state index contributed by atoms with van der Waals surface area (Å²) in [7, 11) is 0. The van der Waals surface area contributed by atoms with Crippen molar-refractivity contribution in [3.8, 4) is 0 Å². The Morgan fingerprint density at radius 1 is 0.846 bits per heavy atom. The van der Waals surface area contributed by atoms with E-state index in [1.165, 1.54) is 16.7 Å². The maximum Gasteiger partial charge on any atom is 0.0867 e. The minimum atomic E-state index is 0.850. The Kier molecular flexibility index (Phi) is 5.12. The summed E-state index contributed by atoms with van der Waals surface area (Å²) in [5, 5.41) is 4.54. The van der Waals surface area contributed by atoms with E-state index in [2.05, 4.69) is 38.0 Å². The Morgan fingerprint density at radius 3 is 2.04 bits per heavy atom. The number of benzene rings is 1. The largest absolute Gasteiger partial charge is 0.251 e. The number of nitrogens with zero attached hydrogens (tertiary/aromatic N) is 4. The third-order valence-corrected chi connectivity index (χ3v) is 4.26. The van der Waals surface area contributed by atoms with Crippen LogP contribution in [0.3, 0.4) is 0 Å². The monoisotopic (exact) mass is 344 g/mol. The Bertz CT molecular complexity index is 956. The molecule has 0 saturated carbocycles. The van der Waals surface area contributed by atoms with E-state index >= 15 is 0 Å². The fraction of sp³-hybridized carbons (Fsp3) is 0.227. The molecule has 2 aromatic heterocycles. The van der Waals surface area contributed by atoms with E-state index in [0.717, 1.165) is 28.5 Å². The lowest BCUT2D eigenvalue weighted by Crippen LogP contribution is -2.06. The van der Waals surface area contributed by atoms with Crippen molar-refractivity contribution in [2.45, 2.75) is 34.6 Å². The summed E-state index contributed by atoms with van der Waals surface area (Å²) < 4.78 is 1.78. The van der Waals surface area contributed by atoms with E-state index in [9.17, 15) is 0 Å². The molecule has 0 saturated heterocycles. The van der Waals surface area contributed by atoms with Gasteiger partial charge >= 0.3 is 0 Å². The minimum Gasteiger partial charge on any atom is -0.251 e. The SMILES string of the molecule is CC(=Nc1c(C)cc(C)cc1C)c1cccc(/C(C)=N\n2cccc2)n1. The van der Waals surface area contributed by atoms with Crippen molar-refractivity contribution in [1.29, 1.82) is 0 Å². The first-order valence-corrected chi connectivity index (χ1v) is 8.73. The van der Waals surface area contributed by atoms with Crippen LogP contribution in [0, 0.1) is 20.8 Å². The fourth-order valence-electron chi connectivity index (χ4n) is 3.03. The van der Waals surface area contributed by atoms with Gasteiger partial charge in [0, 0.05) is 12.4 Å². The number of aliphatic imine (C=N–C) groups is 1. The smallest absolute Gasteiger partial charge is 0.0867 e. The second-order valence-corrected chi connectivity index (χ2v) is 6.60. The predicted octanol–water partition coefficient (Wildman–Crippen LogP) is 5.22. The van der Waals surface area contributed by atoms with Crippen molar-refractivity contribution in [3.05, 3.63) is 82.9 Å². The molecule has 0 bridgehead atoms. The number of aryl methyl sites for hydroxylation is 3. The van der Waals surface area contributed by atoms with Gasteiger partial charge in [-0.15, -0.1) is 0 Å². The van der Waals surface area contributed by atoms with Crippen molar-refractivity contribution in [2.75, 3.05) is 0 Å². The zero-order valence-electron chi connectivity index (χ0n) is 16.0. The van der Waals surface area contributed by atoms with Crippen LogP contribution in [0.15, 0.2) is 65.0 Å². The summed E-state index contributed by atoms with van der Waals surface area (Å²) in [6.07, 6.45) is 3.81. The van der Waals surface area contributed by atoms with Crippen molar-refractivity contribution in [3.63, 3.8) is 0 Å². The van der Waals surface area contributed by atoms with E-state index < -0.39 is 0 Å². The Morgan fingerprint density at radius 2 is 1.42 bits per heavy atom. The quantitative estimate of drug-likeness (QED) is 0.598. The van der Waals surface area contributed by atoms with Gasteiger partial charge in [0.15, 0.2) is 0 Å². The summed E-state index contributed by atoms with van der Waals surface area (Å²) in [5.41, 5.74) is 8.12. The Labute approximate surface area is 154 Å². The first kappa shape index (κ1) is 17.8. The molecule has 2 heterocycles. The normalized spacial score (nSPS) is 12.5. The van der Waals surface area contributed by atoms with E-state index in [-0.39, 0.29) is 0 Å².